The van der Waals surface area contributed by atoms with Crippen LogP contribution in [-0.2, 0) is 0 Å². The van der Waals surface area contributed by atoms with E-state index in [1.165, 1.54) is 102 Å². The molecular formula is C48H24B2N2O2S2. The van der Waals surface area contributed by atoms with Gasteiger partial charge in [0, 0.05) is 52.5 Å². The predicted octanol–water partition coefficient (Wildman–Crippen LogP) is 9.33. The molecule has 0 bridgehead atoms. The summed E-state index contributed by atoms with van der Waals surface area (Å²) < 4.78 is 13.0. The summed E-state index contributed by atoms with van der Waals surface area (Å²) in [6.07, 6.45) is 0. The number of hydrogen-bond acceptors (Lipinski definition) is 6. The molecule has 0 amide bonds. The number of furan rings is 2. The first-order chi connectivity index (χ1) is 27.8. The maximum absolute atomic E-state index is 6.50. The van der Waals surface area contributed by atoms with Crippen LogP contribution < -0.4 is 42.6 Å². The molecule has 2 aromatic heterocycles. The fourth-order valence-electron chi connectivity index (χ4n) is 10.7. The van der Waals surface area contributed by atoms with E-state index < -0.39 is 0 Å². The molecule has 15 rings (SSSR count). The standard InChI is InChI=1S/C48H24B2N2O2S2/c1-2-10-25(11-3-1)51-34-16-8-14-30-46(34)52-47-31(15-9-17-35(47)51)50-33-21-29-27-13-5-7-19-37(27)54-39(29)23-41(33)56-43-24-42-44(48(52)45(43)50)49(30)32-20-28-26-12-4-6-18-36(26)53-38(28)22-40(32)55-42/h1-24H. The molecule has 0 N–H and O–H groups in total. The van der Waals surface area contributed by atoms with Crippen molar-refractivity contribution in [2.24, 2.45) is 0 Å². The highest BCUT2D eigenvalue weighted by atomic mass is 32.2. The van der Waals surface area contributed by atoms with Crippen LogP contribution in [0.25, 0.3) is 43.9 Å². The Kier molecular flexibility index (Phi) is 5.18. The summed E-state index contributed by atoms with van der Waals surface area (Å²) in [5.41, 5.74) is 19.5. The SMILES string of the molecule is c1ccc(N2c3cccc4c3N3c5c(cccc52)B2c5cc6c(cc5Sc5cc7c(c3c52)B4c2cc3c(cc2S7)oc2ccccc23)oc2ccccc26)cc1. The monoisotopic (exact) mass is 746 g/mol. The smallest absolute Gasteiger partial charge is 0.249 e. The van der Waals surface area contributed by atoms with Crippen molar-refractivity contribution in [2.75, 3.05) is 9.80 Å². The lowest BCUT2D eigenvalue weighted by atomic mass is 9.30. The molecular weight excluding hydrogens is 722 g/mol. The second-order valence-electron chi connectivity index (χ2n) is 15.5. The van der Waals surface area contributed by atoms with Gasteiger partial charge in [-0.15, -0.1) is 0 Å². The molecule has 56 heavy (non-hydrogen) atoms. The average molecular weight is 746 g/mol. The minimum atomic E-state index is 0.0580. The van der Waals surface area contributed by atoms with E-state index in [1.54, 1.807) is 0 Å². The summed E-state index contributed by atoms with van der Waals surface area (Å²) in [5.74, 6) is 0. The fraction of sp³-hybridized carbons (Fsp3) is 0. The molecule has 0 unspecified atom stereocenters. The second kappa shape index (κ2) is 9.96. The Morgan fingerprint density at radius 3 is 1.45 bits per heavy atom. The van der Waals surface area contributed by atoms with Gasteiger partial charge < -0.3 is 18.6 Å². The second-order valence-corrected chi connectivity index (χ2v) is 17.7. The first kappa shape index (κ1) is 29.1. The third-order valence-electron chi connectivity index (χ3n) is 12.8. The van der Waals surface area contributed by atoms with Crippen molar-refractivity contribution in [2.45, 2.75) is 19.6 Å². The van der Waals surface area contributed by atoms with E-state index in [1.807, 2.05) is 23.5 Å². The van der Waals surface area contributed by atoms with E-state index in [-0.39, 0.29) is 13.4 Å². The maximum atomic E-state index is 6.50. The predicted molar refractivity (Wildman–Crippen MR) is 234 cm³/mol. The van der Waals surface area contributed by atoms with Crippen molar-refractivity contribution in [3.05, 3.63) is 146 Å². The zero-order valence-electron chi connectivity index (χ0n) is 29.5. The Morgan fingerprint density at radius 1 is 0.375 bits per heavy atom. The molecule has 5 aliphatic heterocycles. The lowest BCUT2D eigenvalue weighted by Gasteiger charge is -2.52. The third kappa shape index (κ3) is 3.39. The number of nitrogens with zero attached hydrogens (tertiary/aromatic N) is 2. The minimum absolute atomic E-state index is 0.0580. The van der Waals surface area contributed by atoms with Crippen LogP contribution in [0.2, 0.25) is 0 Å². The van der Waals surface area contributed by atoms with Crippen LogP contribution in [0.1, 0.15) is 0 Å². The minimum Gasteiger partial charge on any atom is -0.456 e. The lowest BCUT2D eigenvalue weighted by Crippen LogP contribution is -2.68. The Labute approximate surface area is 329 Å². The van der Waals surface area contributed by atoms with Gasteiger partial charge in [-0.25, -0.2) is 0 Å². The molecule has 0 spiro atoms. The number of anilines is 6. The van der Waals surface area contributed by atoms with Gasteiger partial charge in [0.15, 0.2) is 0 Å². The van der Waals surface area contributed by atoms with Crippen LogP contribution >= 0.6 is 23.5 Å². The number of rotatable bonds is 1. The molecule has 0 saturated heterocycles. The zero-order valence-corrected chi connectivity index (χ0v) is 31.2. The number of fused-ring (bicyclic) bond motifs is 12. The summed E-state index contributed by atoms with van der Waals surface area (Å²) in [6.45, 7) is 0.116. The molecule has 0 radical (unpaired) electrons. The molecule has 256 valence electrons. The van der Waals surface area contributed by atoms with Gasteiger partial charge in [-0.05, 0) is 76.4 Å². The van der Waals surface area contributed by atoms with E-state index in [0.29, 0.717) is 0 Å². The largest absolute Gasteiger partial charge is 0.456 e. The Balaban J connectivity index is 1.09. The van der Waals surface area contributed by atoms with Crippen LogP contribution in [0.4, 0.5) is 34.1 Å². The van der Waals surface area contributed by atoms with Crippen molar-refractivity contribution in [3.63, 3.8) is 0 Å². The van der Waals surface area contributed by atoms with Crippen LogP contribution in [-0.4, -0.2) is 13.4 Å². The van der Waals surface area contributed by atoms with E-state index in [4.69, 9.17) is 8.83 Å². The Morgan fingerprint density at radius 2 is 0.893 bits per heavy atom. The summed E-state index contributed by atoms with van der Waals surface area (Å²) in [7, 11) is 0. The molecule has 5 aliphatic rings. The summed E-state index contributed by atoms with van der Waals surface area (Å²) in [5, 5.41) is 4.69. The topological polar surface area (TPSA) is 32.8 Å². The Bertz CT molecular complexity index is 3280. The molecule has 0 atom stereocenters. The van der Waals surface area contributed by atoms with E-state index in [0.717, 1.165) is 28.0 Å². The van der Waals surface area contributed by atoms with Gasteiger partial charge in [-0.3, -0.25) is 0 Å². The highest BCUT2D eigenvalue weighted by Crippen LogP contribution is 2.57. The molecule has 7 heterocycles. The summed E-state index contributed by atoms with van der Waals surface area (Å²) in [4.78, 5) is 10.4. The molecule has 8 heteroatoms. The molecule has 4 nitrogen and oxygen atoms in total. The van der Waals surface area contributed by atoms with Crippen molar-refractivity contribution < 1.29 is 8.83 Å². The quantitative estimate of drug-likeness (QED) is 0.156. The third-order valence-corrected chi connectivity index (χ3v) is 15.1. The highest BCUT2D eigenvalue weighted by Gasteiger charge is 2.52. The lowest BCUT2D eigenvalue weighted by molar-refractivity contribution is 0.667. The van der Waals surface area contributed by atoms with Gasteiger partial charge in [-0.2, -0.15) is 0 Å². The van der Waals surface area contributed by atoms with Gasteiger partial charge in [0.05, 0.1) is 22.7 Å². The van der Waals surface area contributed by atoms with E-state index >= 15 is 0 Å². The van der Waals surface area contributed by atoms with Crippen LogP contribution in [0.15, 0.2) is 174 Å². The fourth-order valence-corrected chi connectivity index (χ4v) is 13.2. The van der Waals surface area contributed by atoms with E-state index in [9.17, 15) is 0 Å². The van der Waals surface area contributed by atoms with Crippen LogP contribution in [0.5, 0.6) is 0 Å². The number of benzene rings is 8. The van der Waals surface area contributed by atoms with Crippen molar-refractivity contribution in [1.29, 1.82) is 0 Å². The summed E-state index contributed by atoms with van der Waals surface area (Å²) in [6, 6.07) is 53.8. The van der Waals surface area contributed by atoms with Gasteiger partial charge in [-0.1, -0.05) is 125 Å². The molecule has 0 saturated carbocycles. The van der Waals surface area contributed by atoms with Gasteiger partial charge >= 0.3 is 0 Å². The Hall–Kier alpha value is -6.21. The van der Waals surface area contributed by atoms with E-state index in [2.05, 4.69) is 155 Å². The highest BCUT2D eigenvalue weighted by molar-refractivity contribution is 8.01. The van der Waals surface area contributed by atoms with Gasteiger partial charge in [0.1, 0.15) is 22.3 Å². The average Bonchev–Trinajstić information content (AvgIpc) is 3.79. The van der Waals surface area contributed by atoms with Crippen molar-refractivity contribution in [1.82, 2.24) is 0 Å². The first-order valence-electron chi connectivity index (χ1n) is 19.1. The number of hydrogen-bond donors (Lipinski definition) is 0. The normalized spacial score (nSPS) is 14.9. The number of para-hydroxylation sites is 5. The van der Waals surface area contributed by atoms with Crippen molar-refractivity contribution in [3.8, 4) is 0 Å². The molecule has 8 aromatic carbocycles. The van der Waals surface area contributed by atoms with Crippen LogP contribution in [0.3, 0.4) is 0 Å². The summed E-state index contributed by atoms with van der Waals surface area (Å²) >= 11 is 3.81. The molecule has 0 aliphatic carbocycles. The molecule has 0 fully saturated rings. The first-order valence-corrected chi connectivity index (χ1v) is 20.8. The van der Waals surface area contributed by atoms with Crippen LogP contribution in [0, 0.1) is 0 Å². The maximum Gasteiger partial charge on any atom is 0.249 e. The van der Waals surface area contributed by atoms with Gasteiger partial charge in [0.25, 0.3) is 0 Å². The van der Waals surface area contributed by atoms with Gasteiger partial charge in [0.2, 0.25) is 13.4 Å². The zero-order chi connectivity index (χ0) is 36.0. The molecule has 10 aromatic rings. The van der Waals surface area contributed by atoms with Crippen molar-refractivity contribution >= 4 is 148 Å².